The summed E-state index contributed by atoms with van der Waals surface area (Å²) in [6.45, 7) is 16.7. The highest BCUT2D eigenvalue weighted by atomic mass is 14.5. The molecule has 1 aliphatic rings. The largest absolute Gasteiger partial charge is 0.0744 e. The van der Waals surface area contributed by atoms with Crippen LogP contribution < -0.4 is 0 Å². The van der Waals surface area contributed by atoms with Crippen molar-refractivity contribution in [2.75, 3.05) is 0 Å². The van der Waals surface area contributed by atoms with E-state index in [0.29, 0.717) is 5.41 Å². The highest BCUT2D eigenvalue weighted by Gasteiger charge is 2.41. The molecule has 0 bridgehead atoms. The second kappa shape index (κ2) is 8.39. The van der Waals surface area contributed by atoms with Crippen LogP contribution in [0.3, 0.4) is 0 Å². The van der Waals surface area contributed by atoms with Crippen molar-refractivity contribution in [2.45, 2.75) is 99.8 Å². The summed E-state index contributed by atoms with van der Waals surface area (Å²) in [6, 6.07) is 0. The van der Waals surface area contributed by atoms with Crippen LogP contribution in [0, 0.1) is 23.2 Å². The van der Waals surface area contributed by atoms with Crippen molar-refractivity contribution >= 4 is 0 Å². The van der Waals surface area contributed by atoms with Crippen molar-refractivity contribution in [3.05, 3.63) is 11.1 Å². The van der Waals surface area contributed by atoms with Crippen LogP contribution in [-0.4, -0.2) is 0 Å². The van der Waals surface area contributed by atoms with Crippen LogP contribution in [0.25, 0.3) is 0 Å². The topological polar surface area (TPSA) is 0 Å². The summed E-state index contributed by atoms with van der Waals surface area (Å²) in [7, 11) is 0. The van der Waals surface area contributed by atoms with Gasteiger partial charge in [0.2, 0.25) is 0 Å². The van der Waals surface area contributed by atoms with E-state index in [1.165, 1.54) is 51.4 Å². The van der Waals surface area contributed by atoms with Gasteiger partial charge in [-0.3, -0.25) is 0 Å². The predicted molar refractivity (Wildman–Crippen MR) is 96.6 cm³/mol. The predicted octanol–water partition coefficient (Wildman–Crippen LogP) is 7.39. The van der Waals surface area contributed by atoms with Crippen molar-refractivity contribution in [1.82, 2.24) is 0 Å². The molecule has 0 heterocycles. The van der Waals surface area contributed by atoms with Crippen molar-refractivity contribution in [3.63, 3.8) is 0 Å². The SMILES string of the molecule is CCCC1CC(CCC(C)C(C)=C(C)CC)C(C)(CC)C1. The minimum atomic E-state index is 0.622. The van der Waals surface area contributed by atoms with E-state index in [4.69, 9.17) is 0 Å². The van der Waals surface area contributed by atoms with Gasteiger partial charge >= 0.3 is 0 Å². The number of rotatable bonds is 8. The number of hydrogen-bond acceptors (Lipinski definition) is 0. The first kappa shape index (κ1) is 18.8. The molecule has 0 spiro atoms. The summed E-state index contributed by atoms with van der Waals surface area (Å²) in [6.07, 6.45) is 11.2. The van der Waals surface area contributed by atoms with Gasteiger partial charge in [-0.25, -0.2) is 0 Å². The molecular formula is C21H40. The molecule has 0 aliphatic heterocycles. The summed E-state index contributed by atoms with van der Waals surface area (Å²) in [5.74, 6) is 2.75. The van der Waals surface area contributed by atoms with E-state index in [1.54, 1.807) is 11.1 Å². The quantitative estimate of drug-likeness (QED) is 0.409. The Labute approximate surface area is 134 Å². The number of allylic oxidation sites excluding steroid dienone is 2. The van der Waals surface area contributed by atoms with Crippen LogP contribution in [0.1, 0.15) is 99.8 Å². The maximum Gasteiger partial charge on any atom is -0.0232 e. The van der Waals surface area contributed by atoms with Gasteiger partial charge in [0.05, 0.1) is 0 Å². The Hall–Kier alpha value is -0.260. The molecule has 0 nitrogen and oxygen atoms in total. The monoisotopic (exact) mass is 292 g/mol. The lowest BCUT2D eigenvalue weighted by atomic mass is 9.74. The van der Waals surface area contributed by atoms with Gasteiger partial charge in [0.15, 0.2) is 0 Å². The second-order valence-corrected chi connectivity index (χ2v) is 8.09. The highest BCUT2D eigenvalue weighted by molar-refractivity contribution is 5.11. The molecule has 21 heavy (non-hydrogen) atoms. The lowest BCUT2D eigenvalue weighted by Crippen LogP contribution is -2.21. The maximum atomic E-state index is 2.57. The van der Waals surface area contributed by atoms with E-state index in [2.05, 4.69) is 48.5 Å². The van der Waals surface area contributed by atoms with Crippen molar-refractivity contribution < 1.29 is 0 Å². The molecule has 1 rings (SSSR count). The highest BCUT2D eigenvalue weighted by Crippen LogP contribution is 2.52. The van der Waals surface area contributed by atoms with Gasteiger partial charge in [-0.1, -0.05) is 65.0 Å². The normalized spacial score (nSPS) is 32.1. The van der Waals surface area contributed by atoms with Crippen LogP contribution in [0.2, 0.25) is 0 Å². The standard InChI is InChI=1S/C21H40/c1-8-11-19-14-20(21(7,10-3)15-19)13-12-17(5)18(6)16(4)9-2/h17,19-20H,8-15H2,1-7H3. The molecule has 0 aromatic rings. The molecule has 1 aliphatic carbocycles. The van der Waals surface area contributed by atoms with Crippen LogP contribution in [0.5, 0.6) is 0 Å². The van der Waals surface area contributed by atoms with Gasteiger partial charge in [0.25, 0.3) is 0 Å². The van der Waals surface area contributed by atoms with Crippen LogP contribution >= 0.6 is 0 Å². The fourth-order valence-corrected chi connectivity index (χ4v) is 4.49. The summed E-state index contributed by atoms with van der Waals surface area (Å²) >= 11 is 0. The van der Waals surface area contributed by atoms with E-state index in [0.717, 1.165) is 17.8 Å². The van der Waals surface area contributed by atoms with Gasteiger partial charge in [-0.15, -0.1) is 0 Å². The zero-order valence-electron chi connectivity index (χ0n) is 15.9. The van der Waals surface area contributed by atoms with Gasteiger partial charge < -0.3 is 0 Å². The van der Waals surface area contributed by atoms with E-state index in [-0.39, 0.29) is 0 Å². The molecule has 0 saturated heterocycles. The lowest BCUT2D eigenvalue weighted by molar-refractivity contribution is 0.198. The molecule has 4 unspecified atom stereocenters. The first-order valence-electron chi connectivity index (χ1n) is 9.54. The maximum absolute atomic E-state index is 2.57. The van der Waals surface area contributed by atoms with Gasteiger partial charge in [0, 0.05) is 0 Å². The summed E-state index contributed by atoms with van der Waals surface area (Å²) < 4.78 is 0. The molecule has 0 amide bonds. The molecule has 1 fully saturated rings. The van der Waals surface area contributed by atoms with Crippen molar-refractivity contribution in [1.29, 1.82) is 0 Å². The third-order valence-electron chi connectivity index (χ3n) is 6.75. The Morgan fingerprint density at radius 1 is 1.14 bits per heavy atom. The Morgan fingerprint density at radius 2 is 1.81 bits per heavy atom. The lowest BCUT2D eigenvalue weighted by Gasteiger charge is -2.31. The van der Waals surface area contributed by atoms with E-state index >= 15 is 0 Å². The summed E-state index contributed by atoms with van der Waals surface area (Å²) in [4.78, 5) is 0. The Kier molecular flexibility index (Phi) is 7.51. The van der Waals surface area contributed by atoms with E-state index in [9.17, 15) is 0 Å². The van der Waals surface area contributed by atoms with Crippen LogP contribution in [0.4, 0.5) is 0 Å². The smallest absolute Gasteiger partial charge is 0.0232 e. The number of hydrogen-bond donors (Lipinski definition) is 0. The Morgan fingerprint density at radius 3 is 2.33 bits per heavy atom. The third-order valence-corrected chi connectivity index (χ3v) is 6.75. The third kappa shape index (κ3) is 4.86. The minimum absolute atomic E-state index is 0.622. The van der Waals surface area contributed by atoms with Crippen molar-refractivity contribution in [3.8, 4) is 0 Å². The van der Waals surface area contributed by atoms with E-state index < -0.39 is 0 Å². The Balaban J connectivity index is 2.61. The summed E-state index contributed by atoms with van der Waals surface area (Å²) in [5.41, 5.74) is 3.88. The van der Waals surface area contributed by atoms with Gasteiger partial charge in [0.1, 0.15) is 0 Å². The molecular weight excluding hydrogens is 252 g/mol. The first-order chi connectivity index (χ1) is 9.87. The molecule has 0 aromatic heterocycles. The molecule has 1 saturated carbocycles. The molecule has 124 valence electrons. The molecule has 0 radical (unpaired) electrons. The van der Waals surface area contributed by atoms with Crippen molar-refractivity contribution in [2.24, 2.45) is 23.2 Å². The van der Waals surface area contributed by atoms with Gasteiger partial charge in [-0.2, -0.15) is 0 Å². The first-order valence-corrected chi connectivity index (χ1v) is 9.54. The minimum Gasteiger partial charge on any atom is -0.0744 e. The fraction of sp³-hybridized carbons (Fsp3) is 0.905. The van der Waals surface area contributed by atoms with Gasteiger partial charge in [-0.05, 0) is 69.1 Å². The molecule has 4 atom stereocenters. The fourth-order valence-electron chi connectivity index (χ4n) is 4.49. The molecule has 0 heteroatoms. The zero-order valence-corrected chi connectivity index (χ0v) is 15.9. The average Bonchev–Trinajstić information content (AvgIpc) is 2.80. The second-order valence-electron chi connectivity index (χ2n) is 8.09. The Bertz CT molecular complexity index is 338. The average molecular weight is 293 g/mol. The van der Waals surface area contributed by atoms with Crippen LogP contribution in [0.15, 0.2) is 11.1 Å². The molecule has 0 N–H and O–H groups in total. The molecule has 0 aromatic carbocycles. The van der Waals surface area contributed by atoms with Crippen LogP contribution in [-0.2, 0) is 0 Å². The summed E-state index contributed by atoms with van der Waals surface area (Å²) in [5, 5.41) is 0. The van der Waals surface area contributed by atoms with E-state index in [1.807, 2.05) is 0 Å². The zero-order chi connectivity index (χ0) is 16.0.